The van der Waals surface area contributed by atoms with Crippen LogP contribution >= 0.6 is 0 Å². The molecule has 1 N–H and O–H groups in total. The third kappa shape index (κ3) is 2.79. The van der Waals surface area contributed by atoms with Gasteiger partial charge in [-0.25, -0.2) is 4.79 Å². The van der Waals surface area contributed by atoms with Gasteiger partial charge in [-0.1, -0.05) is 12.1 Å². The number of rotatable bonds is 3. The topological polar surface area (TPSA) is 73.3 Å². The molecule has 1 aromatic heterocycles. The van der Waals surface area contributed by atoms with Crippen LogP contribution in [0.2, 0.25) is 0 Å². The number of anilines is 1. The Morgan fingerprint density at radius 3 is 2.90 bits per heavy atom. The number of carbonyl (C=O) groups is 1. The van der Waals surface area contributed by atoms with Gasteiger partial charge in [-0.15, -0.1) is 10.2 Å². The van der Waals surface area contributed by atoms with Crippen molar-refractivity contribution in [2.75, 3.05) is 19.0 Å². The standard InChI is InChI=1S/C15H15N3O3/c1-20-15(19)11-7-8-13(18-17-11)21-12-6-2-4-10-5-3-9-16-14(10)12/h2,4,6-8,16H,3,5,9H2,1H3. The van der Waals surface area contributed by atoms with Crippen molar-refractivity contribution in [2.24, 2.45) is 0 Å². The maximum atomic E-state index is 11.3. The lowest BCUT2D eigenvalue weighted by Crippen LogP contribution is -2.12. The van der Waals surface area contributed by atoms with E-state index in [4.69, 9.17) is 4.74 Å². The fraction of sp³-hybridized carbons (Fsp3) is 0.267. The predicted molar refractivity (Wildman–Crippen MR) is 76.7 cm³/mol. The first-order valence-electron chi connectivity index (χ1n) is 6.73. The summed E-state index contributed by atoms with van der Waals surface area (Å²) in [5, 5.41) is 11.0. The second-order valence-corrected chi connectivity index (χ2v) is 4.67. The van der Waals surface area contributed by atoms with Crippen molar-refractivity contribution in [1.29, 1.82) is 0 Å². The van der Waals surface area contributed by atoms with E-state index in [2.05, 4.69) is 26.3 Å². The van der Waals surface area contributed by atoms with Gasteiger partial charge in [-0.3, -0.25) is 0 Å². The highest BCUT2D eigenvalue weighted by Gasteiger charge is 2.15. The Kier molecular flexibility index (Phi) is 3.68. The Morgan fingerprint density at radius 1 is 1.24 bits per heavy atom. The molecule has 0 fully saturated rings. The Hall–Kier alpha value is -2.63. The molecule has 1 aliphatic heterocycles. The Bertz CT molecular complexity index is 656. The van der Waals surface area contributed by atoms with Gasteiger partial charge in [0.05, 0.1) is 12.8 Å². The summed E-state index contributed by atoms with van der Waals surface area (Å²) in [6.45, 7) is 0.931. The van der Waals surface area contributed by atoms with E-state index in [-0.39, 0.29) is 5.69 Å². The molecule has 2 aromatic rings. The Morgan fingerprint density at radius 2 is 2.14 bits per heavy atom. The highest BCUT2D eigenvalue weighted by Crippen LogP contribution is 2.34. The SMILES string of the molecule is COC(=O)c1ccc(Oc2cccc3c2NCCC3)nn1. The van der Waals surface area contributed by atoms with Crippen LogP contribution in [-0.4, -0.2) is 29.8 Å². The molecule has 0 amide bonds. The average Bonchev–Trinajstić information content (AvgIpc) is 2.55. The normalized spacial score (nSPS) is 13.0. The van der Waals surface area contributed by atoms with Gasteiger partial charge >= 0.3 is 5.97 Å². The lowest BCUT2D eigenvalue weighted by molar-refractivity contribution is 0.0592. The molecule has 3 rings (SSSR count). The second-order valence-electron chi connectivity index (χ2n) is 4.67. The van der Waals surface area contributed by atoms with Crippen LogP contribution in [0.25, 0.3) is 0 Å². The molecule has 0 aliphatic carbocycles. The van der Waals surface area contributed by atoms with E-state index in [0.29, 0.717) is 11.6 Å². The molecule has 6 nitrogen and oxygen atoms in total. The first-order valence-corrected chi connectivity index (χ1v) is 6.73. The van der Waals surface area contributed by atoms with E-state index in [1.165, 1.54) is 18.7 Å². The van der Waals surface area contributed by atoms with Crippen LogP contribution in [0.1, 0.15) is 22.5 Å². The number of aromatic nitrogens is 2. The number of fused-ring (bicyclic) bond motifs is 1. The maximum Gasteiger partial charge on any atom is 0.358 e. The highest BCUT2D eigenvalue weighted by molar-refractivity contribution is 5.86. The molecule has 0 unspecified atom stereocenters. The van der Waals surface area contributed by atoms with E-state index in [1.54, 1.807) is 6.07 Å². The molecule has 0 atom stereocenters. The van der Waals surface area contributed by atoms with Gasteiger partial charge in [-0.05, 0) is 30.5 Å². The number of benzene rings is 1. The van der Waals surface area contributed by atoms with Crippen LogP contribution < -0.4 is 10.1 Å². The van der Waals surface area contributed by atoms with Crippen LogP contribution in [0.15, 0.2) is 30.3 Å². The smallest absolute Gasteiger partial charge is 0.358 e. The Labute approximate surface area is 122 Å². The summed E-state index contributed by atoms with van der Waals surface area (Å²) in [5.74, 6) is 0.531. The van der Waals surface area contributed by atoms with Crippen LogP contribution in [0.4, 0.5) is 5.69 Å². The number of methoxy groups -OCH3 is 1. The van der Waals surface area contributed by atoms with Gasteiger partial charge in [-0.2, -0.15) is 0 Å². The van der Waals surface area contributed by atoms with Gasteiger partial charge < -0.3 is 14.8 Å². The van der Waals surface area contributed by atoms with Crippen molar-refractivity contribution in [2.45, 2.75) is 12.8 Å². The summed E-state index contributed by atoms with van der Waals surface area (Å²) < 4.78 is 10.3. The van der Waals surface area contributed by atoms with Gasteiger partial charge in [0.25, 0.3) is 0 Å². The molecule has 21 heavy (non-hydrogen) atoms. The third-order valence-electron chi connectivity index (χ3n) is 3.29. The molecule has 1 aromatic carbocycles. The number of hydrogen-bond acceptors (Lipinski definition) is 6. The summed E-state index contributed by atoms with van der Waals surface area (Å²) in [6.07, 6.45) is 2.15. The number of carbonyl (C=O) groups excluding carboxylic acids is 1. The number of nitrogens with zero attached hydrogens (tertiary/aromatic N) is 2. The van der Waals surface area contributed by atoms with E-state index < -0.39 is 5.97 Å². The number of ether oxygens (including phenoxy) is 2. The summed E-state index contributed by atoms with van der Waals surface area (Å²) in [6, 6.07) is 9.04. The van der Waals surface area contributed by atoms with E-state index >= 15 is 0 Å². The van der Waals surface area contributed by atoms with Crippen molar-refractivity contribution in [3.05, 3.63) is 41.6 Å². The molecule has 0 spiro atoms. The van der Waals surface area contributed by atoms with Gasteiger partial charge in [0, 0.05) is 12.6 Å². The minimum absolute atomic E-state index is 0.151. The van der Waals surface area contributed by atoms with Crippen LogP contribution in [-0.2, 0) is 11.2 Å². The average molecular weight is 285 g/mol. The third-order valence-corrected chi connectivity index (χ3v) is 3.29. The van der Waals surface area contributed by atoms with Crippen LogP contribution in [0.3, 0.4) is 0 Å². The van der Waals surface area contributed by atoms with Crippen molar-refractivity contribution >= 4 is 11.7 Å². The molecule has 6 heteroatoms. The van der Waals surface area contributed by atoms with Crippen molar-refractivity contribution in [1.82, 2.24) is 10.2 Å². The van der Waals surface area contributed by atoms with Crippen LogP contribution in [0, 0.1) is 0 Å². The summed E-state index contributed by atoms with van der Waals surface area (Å²) in [5.41, 5.74) is 2.39. The zero-order valence-corrected chi connectivity index (χ0v) is 11.6. The fourth-order valence-electron chi connectivity index (χ4n) is 2.26. The number of esters is 1. The molecule has 2 heterocycles. The minimum atomic E-state index is -0.521. The van der Waals surface area contributed by atoms with E-state index in [0.717, 1.165) is 25.1 Å². The molecule has 0 bridgehead atoms. The second kappa shape index (κ2) is 5.78. The van der Waals surface area contributed by atoms with Crippen molar-refractivity contribution < 1.29 is 14.3 Å². The number of nitrogens with one attached hydrogen (secondary N) is 1. The number of aryl methyl sites for hydroxylation is 1. The Balaban J connectivity index is 1.82. The summed E-state index contributed by atoms with van der Waals surface area (Å²) in [7, 11) is 1.30. The maximum absolute atomic E-state index is 11.3. The zero-order valence-electron chi connectivity index (χ0n) is 11.6. The molecule has 0 radical (unpaired) electrons. The number of hydrogen-bond donors (Lipinski definition) is 1. The van der Waals surface area contributed by atoms with Gasteiger partial charge in [0.2, 0.25) is 5.88 Å². The largest absolute Gasteiger partial charge is 0.464 e. The molecule has 108 valence electrons. The first-order chi connectivity index (χ1) is 10.3. The number of para-hydroxylation sites is 1. The van der Waals surface area contributed by atoms with Crippen molar-refractivity contribution in [3.63, 3.8) is 0 Å². The van der Waals surface area contributed by atoms with Gasteiger partial charge in [0.15, 0.2) is 11.4 Å². The summed E-state index contributed by atoms with van der Waals surface area (Å²) >= 11 is 0. The predicted octanol–water partition coefficient (Wildman–Crippen LogP) is 2.41. The lowest BCUT2D eigenvalue weighted by Gasteiger charge is -2.20. The van der Waals surface area contributed by atoms with Crippen LogP contribution in [0.5, 0.6) is 11.6 Å². The molecule has 0 saturated carbocycles. The lowest BCUT2D eigenvalue weighted by atomic mass is 10.0. The molecule has 0 saturated heterocycles. The quantitative estimate of drug-likeness (QED) is 0.873. The molecular weight excluding hydrogens is 270 g/mol. The minimum Gasteiger partial charge on any atom is -0.464 e. The molecule has 1 aliphatic rings. The first kappa shape index (κ1) is 13.4. The zero-order chi connectivity index (χ0) is 14.7. The fourth-order valence-corrected chi connectivity index (χ4v) is 2.26. The van der Waals surface area contributed by atoms with E-state index in [1.807, 2.05) is 12.1 Å². The highest BCUT2D eigenvalue weighted by atomic mass is 16.5. The summed E-state index contributed by atoms with van der Waals surface area (Å²) in [4.78, 5) is 11.3. The van der Waals surface area contributed by atoms with Crippen molar-refractivity contribution in [3.8, 4) is 11.6 Å². The van der Waals surface area contributed by atoms with E-state index in [9.17, 15) is 4.79 Å². The monoisotopic (exact) mass is 285 g/mol. The molecular formula is C15H15N3O3. The van der Waals surface area contributed by atoms with Gasteiger partial charge in [0.1, 0.15) is 0 Å².